The minimum atomic E-state index is 0.0663. The van der Waals surface area contributed by atoms with E-state index in [1.807, 2.05) is 0 Å². The fourth-order valence-corrected chi connectivity index (χ4v) is 2.69. The Hall–Kier alpha value is -1.55. The van der Waals surface area contributed by atoms with Gasteiger partial charge in [-0.05, 0) is 37.0 Å². The second kappa shape index (κ2) is 6.06. The molecule has 0 spiro atoms. The number of anilines is 1. The third kappa shape index (κ3) is 3.47. The van der Waals surface area contributed by atoms with Crippen LogP contribution in [0.2, 0.25) is 0 Å². The van der Waals surface area contributed by atoms with E-state index in [-0.39, 0.29) is 5.91 Å². The molecule has 0 radical (unpaired) electrons. The van der Waals surface area contributed by atoms with Crippen LogP contribution in [0.1, 0.15) is 30.9 Å². The number of nitrogens with one attached hydrogen (secondary N) is 1. The Kier molecular flexibility index (Phi) is 4.43. The molecular formula is C15H23N3O. The van der Waals surface area contributed by atoms with E-state index in [9.17, 15) is 4.79 Å². The highest BCUT2D eigenvalue weighted by atomic mass is 16.1. The molecule has 1 fully saturated rings. The maximum atomic E-state index is 11.1. The Bertz CT molecular complexity index is 451. The highest BCUT2D eigenvalue weighted by molar-refractivity contribution is 5.73. The Morgan fingerprint density at radius 3 is 2.68 bits per heavy atom. The van der Waals surface area contributed by atoms with E-state index < -0.39 is 0 Å². The van der Waals surface area contributed by atoms with Crippen molar-refractivity contribution in [2.45, 2.75) is 39.3 Å². The summed E-state index contributed by atoms with van der Waals surface area (Å²) in [5.41, 5.74) is 9.53. The average Bonchev–Trinajstić information content (AvgIpc) is 2.39. The second-order valence-electron chi connectivity index (χ2n) is 5.30. The fourth-order valence-electron chi connectivity index (χ4n) is 2.69. The van der Waals surface area contributed by atoms with Crippen LogP contribution in [-0.4, -0.2) is 25.0 Å². The molecule has 1 aromatic carbocycles. The zero-order valence-electron chi connectivity index (χ0n) is 11.8. The van der Waals surface area contributed by atoms with Crippen LogP contribution < -0.4 is 16.0 Å². The number of nitrogens with zero attached hydrogens (tertiary/aromatic N) is 1. The molecule has 0 unspecified atom stereocenters. The lowest BCUT2D eigenvalue weighted by Gasteiger charge is -2.35. The highest BCUT2D eigenvalue weighted by Gasteiger charge is 2.21. The van der Waals surface area contributed by atoms with Crippen molar-refractivity contribution in [1.82, 2.24) is 5.32 Å². The molecule has 0 aliphatic carbocycles. The summed E-state index contributed by atoms with van der Waals surface area (Å²) in [4.78, 5) is 13.4. The maximum absolute atomic E-state index is 11.1. The van der Waals surface area contributed by atoms with E-state index in [4.69, 9.17) is 5.73 Å². The van der Waals surface area contributed by atoms with Crippen molar-refractivity contribution >= 4 is 11.6 Å². The fraction of sp³-hybridized carbons (Fsp3) is 0.533. The van der Waals surface area contributed by atoms with E-state index in [2.05, 4.69) is 35.3 Å². The zero-order valence-corrected chi connectivity index (χ0v) is 11.8. The number of aryl methyl sites for hydroxylation is 1. The van der Waals surface area contributed by atoms with Crippen molar-refractivity contribution in [3.05, 3.63) is 29.3 Å². The van der Waals surface area contributed by atoms with Gasteiger partial charge in [0.1, 0.15) is 0 Å². The summed E-state index contributed by atoms with van der Waals surface area (Å²) in [6.45, 7) is 6.21. The van der Waals surface area contributed by atoms with Gasteiger partial charge in [0.05, 0.1) is 0 Å². The maximum Gasteiger partial charge on any atom is 0.217 e. The smallest absolute Gasteiger partial charge is 0.217 e. The van der Waals surface area contributed by atoms with E-state index in [1.165, 1.54) is 16.8 Å². The second-order valence-corrected chi connectivity index (χ2v) is 5.30. The first-order chi connectivity index (χ1) is 9.10. The molecule has 104 valence electrons. The molecule has 2 rings (SSSR count). The van der Waals surface area contributed by atoms with Crippen molar-refractivity contribution < 1.29 is 4.79 Å². The van der Waals surface area contributed by atoms with Crippen LogP contribution in [0.15, 0.2) is 18.2 Å². The number of benzene rings is 1. The molecule has 4 heteroatoms. The lowest BCUT2D eigenvalue weighted by atomic mass is 10.0. The Balaban J connectivity index is 2.05. The minimum Gasteiger partial charge on any atom is -0.371 e. The van der Waals surface area contributed by atoms with Gasteiger partial charge in [-0.3, -0.25) is 4.79 Å². The molecule has 1 amide bonds. The van der Waals surface area contributed by atoms with Gasteiger partial charge in [0.15, 0.2) is 0 Å². The molecule has 0 saturated carbocycles. The van der Waals surface area contributed by atoms with Gasteiger partial charge in [-0.15, -0.1) is 0 Å². The number of carbonyl (C=O) groups excluding carboxylic acids is 1. The lowest BCUT2D eigenvalue weighted by molar-refractivity contribution is -0.119. The summed E-state index contributed by atoms with van der Waals surface area (Å²) in [7, 11) is 0. The quantitative estimate of drug-likeness (QED) is 0.868. The van der Waals surface area contributed by atoms with E-state index in [0.717, 1.165) is 25.9 Å². The molecule has 1 aliphatic heterocycles. The largest absolute Gasteiger partial charge is 0.371 e. The first kappa shape index (κ1) is 13.9. The number of rotatable bonds is 3. The molecule has 1 aromatic rings. The topological polar surface area (TPSA) is 58.4 Å². The number of amides is 1. The molecular weight excluding hydrogens is 238 g/mol. The van der Waals surface area contributed by atoms with Gasteiger partial charge >= 0.3 is 0 Å². The lowest BCUT2D eigenvalue weighted by Crippen LogP contribution is -2.44. The molecule has 0 atom stereocenters. The summed E-state index contributed by atoms with van der Waals surface area (Å²) in [5.74, 6) is 0.0663. The monoisotopic (exact) mass is 261 g/mol. The standard InChI is InChI=1S/C15H23N3O/c1-11-3-4-13(10-16)15(9-11)18-7-5-14(6-8-18)17-12(2)19/h3-4,9,14H,5-8,10,16H2,1-2H3,(H,17,19). The SMILES string of the molecule is CC(=O)NC1CCN(c2cc(C)ccc2CN)CC1. The Morgan fingerprint density at radius 2 is 2.11 bits per heavy atom. The third-order valence-electron chi connectivity index (χ3n) is 3.70. The normalized spacial score (nSPS) is 16.5. The van der Waals surface area contributed by atoms with Crippen molar-refractivity contribution in [3.63, 3.8) is 0 Å². The predicted molar refractivity (Wildman–Crippen MR) is 78.1 cm³/mol. The van der Waals surface area contributed by atoms with Crippen molar-refractivity contribution in [2.24, 2.45) is 5.73 Å². The average molecular weight is 261 g/mol. The van der Waals surface area contributed by atoms with Gasteiger partial charge in [0, 0.05) is 38.3 Å². The van der Waals surface area contributed by atoms with Crippen LogP contribution >= 0.6 is 0 Å². The summed E-state index contributed by atoms with van der Waals surface area (Å²) in [5, 5.41) is 3.00. The van der Waals surface area contributed by atoms with Gasteiger partial charge in [-0.25, -0.2) is 0 Å². The first-order valence-corrected chi connectivity index (χ1v) is 6.92. The first-order valence-electron chi connectivity index (χ1n) is 6.92. The van der Waals surface area contributed by atoms with Gasteiger partial charge in [-0.1, -0.05) is 12.1 Å². The van der Waals surface area contributed by atoms with Crippen LogP contribution in [0.5, 0.6) is 0 Å². The van der Waals surface area contributed by atoms with Crippen molar-refractivity contribution in [1.29, 1.82) is 0 Å². The van der Waals surface area contributed by atoms with Crippen LogP contribution in [0.4, 0.5) is 5.69 Å². The Morgan fingerprint density at radius 1 is 1.42 bits per heavy atom. The number of hydrogen-bond donors (Lipinski definition) is 2. The summed E-state index contributed by atoms with van der Waals surface area (Å²) >= 11 is 0. The molecule has 3 N–H and O–H groups in total. The summed E-state index contributed by atoms with van der Waals surface area (Å²) in [6, 6.07) is 6.75. The minimum absolute atomic E-state index is 0.0663. The number of piperidine rings is 1. The predicted octanol–water partition coefficient (Wildman–Crippen LogP) is 1.56. The van der Waals surface area contributed by atoms with Crippen molar-refractivity contribution in [3.8, 4) is 0 Å². The van der Waals surface area contributed by atoms with Gasteiger partial charge in [0.2, 0.25) is 5.91 Å². The van der Waals surface area contributed by atoms with Crippen molar-refractivity contribution in [2.75, 3.05) is 18.0 Å². The molecule has 4 nitrogen and oxygen atoms in total. The molecule has 1 heterocycles. The molecule has 0 bridgehead atoms. The summed E-state index contributed by atoms with van der Waals surface area (Å²) < 4.78 is 0. The summed E-state index contributed by atoms with van der Waals surface area (Å²) in [6.07, 6.45) is 2.00. The zero-order chi connectivity index (χ0) is 13.8. The molecule has 1 saturated heterocycles. The third-order valence-corrected chi connectivity index (χ3v) is 3.70. The van der Waals surface area contributed by atoms with E-state index >= 15 is 0 Å². The highest BCUT2D eigenvalue weighted by Crippen LogP contribution is 2.25. The van der Waals surface area contributed by atoms with Crippen LogP contribution in [0, 0.1) is 6.92 Å². The molecule has 0 aromatic heterocycles. The number of hydrogen-bond acceptors (Lipinski definition) is 3. The van der Waals surface area contributed by atoms with Gasteiger partial charge < -0.3 is 16.0 Å². The van der Waals surface area contributed by atoms with Crippen LogP contribution in [0.25, 0.3) is 0 Å². The van der Waals surface area contributed by atoms with Crippen LogP contribution in [-0.2, 0) is 11.3 Å². The number of carbonyl (C=O) groups is 1. The molecule has 1 aliphatic rings. The molecule has 19 heavy (non-hydrogen) atoms. The number of nitrogens with two attached hydrogens (primary N) is 1. The van der Waals surface area contributed by atoms with E-state index in [1.54, 1.807) is 6.92 Å². The van der Waals surface area contributed by atoms with Gasteiger partial charge in [-0.2, -0.15) is 0 Å². The Labute approximate surface area is 115 Å². The van der Waals surface area contributed by atoms with Gasteiger partial charge in [0.25, 0.3) is 0 Å². The van der Waals surface area contributed by atoms with E-state index in [0.29, 0.717) is 12.6 Å². The van der Waals surface area contributed by atoms with Crippen LogP contribution in [0.3, 0.4) is 0 Å².